The summed E-state index contributed by atoms with van der Waals surface area (Å²) in [4.78, 5) is 23.6. The molecule has 0 aliphatic rings. The van der Waals surface area contributed by atoms with Crippen LogP contribution in [0.25, 0.3) is 0 Å². The van der Waals surface area contributed by atoms with Crippen LogP contribution >= 0.6 is 11.6 Å². The second-order valence-electron chi connectivity index (χ2n) is 5.73. The number of primary amides is 1. The molecule has 0 unspecified atom stereocenters. The molecule has 0 aliphatic heterocycles. The highest BCUT2D eigenvalue weighted by atomic mass is 35.5. The van der Waals surface area contributed by atoms with E-state index >= 15 is 0 Å². The van der Waals surface area contributed by atoms with Crippen LogP contribution in [0.2, 0.25) is 5.02 Å². The smallest absolute Gasteiger partial charge is 0.258 e. The van der Waals surface area contributed by atoms with E-state index in [9.17, 15) is 9.59 Å². The summed E-state index contributed by atoms with van der Waals surface area (Å²) in [5.41, 5.74) is 7.64. The van der Waals surface area contributed by atoms with Crippen molar-refractivity contribution in [1.82, 2.24) is 5.32 Å². The van der Waals surface area contributed by atoms with Crippen LogP contribution in [0.5, 0.6) is 5.75 Å². The largest absolute Gasteiger partial charge is 0.483 e. The molecular weight excluding hydrogens is 340 g/mol. The van der Waals surface area contributed by atoms with Crippen molar-refractivity contribution < 1.29 is 14.3 Å². The third kappa shape index (κ3) is 5.22. The first kappa shape index (κ1) is 18.8. The van der Waals surface area contributed by atoms with Gasteiger partial charge in [-0.25, -0.2) is 0 Å². The van der Waals surface area contributed by atoms with Crippen LogP contribution < -0.4 is 15.8 Å². The second kappa shape index (κ2) is 8.53. The van der Waals surface area contributed by atoms with Crippen molar-refractivity contribution in [2.75, 3.05) is 6.61 Å². The molecule has 0 spiro atoms. The highest BCUT2D eigenvalue weighted by Gasteiger charge is 2.15. The zero-order valence-electron chi connectivity index (χ0n) is 14.2. The minimum atomic E-state index is -0.663. The van der Waals surface area contributed by atoms with Crippen molar-refractivity contribution in [3.8, 4) is 5.75 Å². The molecule has 132 valence electrons. The van der Waals surface area contributed by atoms with Gasteiger partial charge in [0.2, 0.25) is 0 Å². The molecule has 6 heteroatoms. The molecule has 2 amide bonds. The summed E-state index contributed by atoms with van der Waals surface area (Å²) < 4.78 is 5.44. The first-order chi connectivity index (χ1) is 11.9. The number of carbonyl (C=O) groups excluding carboxylic acids is 2. The lowest BCUT2D eigenvalue weighted by molar-refractivity contribution is -0.123. The number of hydrogen-bond donors (Lipinski definition) is 2. The maximum Gasteiger partial charge on any atom is 0.258 e. The number of rotatable bonds is 7. The van der Waals surface area contributed by atoms with Gasteiger partial charge in [-0.15, -0.1) is 0 Å². The first-order valence-electron chi connectivity index (χ1n) is 7.98. The Kier molecular flexibility index (Phi) is 6.42. The van der Waals surface area contributed by atoms with Crippen molar-refractivity contribution in [2.24, 2.45) is 5.73 Å². The van der Waals surface area contributed by atoms with E-state index in [0.717, 1.165) is 17.5 Å². The van der Waals surface area contributed by atoms with Gasteiger partial charge < -0.3 is 15.8 Å². The van der Waals surface area contributed by atoms with Crippen LogP contribution in [0.1, 0.15) is 40.9 Å². The standard InChI is InChI=1S/C19H21ClN2O3/c1-3-16(13-6-4-12(2)5-7-13)22-18(23)11-25-17-9-8-14(20)10-15(17)19(21)24/h4-10,16H,3,11H2,1-2H3,(H2,21,24)(H,22,23)/t16-/m0/s1. The van der Waals surface area contributed by atoms with E-state index in [0.29, 0.717) is 5.02 Å². The number of carbonyl (C=O) groups is 2. The SMILES string of the molecule is CC[C@H](NC(=O)COc1ccc(Cl)cc1C(N)=O)c1ccc(C)cc1. The molecule has 5 nitrogen and oxygen atoms in total. The Morgan fingerprint density at radius 2 is 1.88 bits per heavy atom. The first-order valence-corrected chi connectivity index (χ1v) is 8.36. The Balaban J connectivity index is 2.00. The van der Waals surface area contributed by atoms with Crippen LogP contribution in [-0.4, -0.2) is 18.4 Å². The monoisotopic (exact) mass is 360 g/mol. The maximum absolute atomic E-state index is 12.2. The van der Waals surface area contributed by atoms with E-state index in [1.54, 1.807) is 6.07 Å². The van der Waals surface area contributed by atoms with Crippen LogP contribution in [0.3, 0.4) is 0 Å². The lowest BCUT2D eigenvalue weighted by Crippen LogP contribution is -2.32. The van der Waals surface area contributed by atoms with Gasteiger partial charge in [-0.2, -0.15) is 0 Å². The van der Waals surface area contributed by atoms with Crippen molar-refractivity contribution in [3.05, 3.63) is 64.2 Å². The van der Waals surface area contributed by atoms with E-state index in [1.807, 2.05) is 38.1 Å². The number of halogens is 1. The summed E-state index contributed by atoms with van der Waals surface area (Å²) in [6.45, 7) is 3.79. The van der Waals surface area contributed by atoms with Gasteiger partial charge in [0.1, 0.15) is 5.75 Å². The lowest BCUT2D eigenvalue weighted by Gasteiger charge is -2.18. The summed E-state index contributed by atoms with van der Waals surface area (Å²) in [5.74, 6) is -0.711. The highest BCUT2D eigenvalue weighted by Crippen LogP contribution is 2.22. The van der Waals surface area contributed by atoms with Crippen LogP contribution in [0, 0.1) is 6.92 Å². The van der Waals surface area contributed by atoms with Gasteiger partial charge in [0, 0.05) is 5.02 Å². The molecule has 0 aliphatic carbocycles. The van der Waals surface area contributed by atoms with Crippen molar-refractivity contribution in [1.29, 1.82) is 0 Å². The fourth-order valence-corrected chi connectivity index (χ4v) is 2.59. The molecule has 0 saturated heterocycles. The van der Waals surface area contributed by atoms with Crippen LogP contribution in [0.15, 0.2) is 42.5 Å². The van der Waals surface area contributed by atoms with Crippen molar-refractivity contribution in [2.45, 2.75) is 26.3 Å². The Morgan fingerprint density at radius 1 is 1.20 bits per heavy atom. The minimum absolute atomic E-state index is 0.0995. The van der Waals surface area contributed by atoms with Gasteiger partial charge in [-0.1, -0.05) is 48.4 Å². The van der Waals surface area contributed by atoms with Gasteiger partial charge in [0.15, 0.2) is 6.61 Å². The minimum Gasteiger partial charge on any atom is -0.483 e. The number of aryl methyl sites for hydroxylation is 1. The Morgan fingerprint density at radius 3 is 2.48 bits per heavy atom. The number of hydrogen-bond acceptors (Lipinski definition) is 3. The Hall–Kier alpha value is -2.53. The third-order valence-corrected chi connectivity index (χ3v) is 4.02. The zero-order chi connectivity index (χ0) is 18.4. The molecule has 25 heavy (non-hydrogen) atoms. The van der Waals surface area contributed by atoms with E-state index in [2.05, 4.69) is 5.32 Å². The van der Waals surface area contributed by atoms with E-state index in [4.69, 9.17) is 22.1 Å². The van der Waals surface area contributed by atoms with Crippen molar-refractivity contribution >= 4 is 23.4 Å². The molecule has 2 aromatic carbocycles. The zero-order valence-corrected chi connectivity index (χ0v) is 15.0. The number of ether oxygens (including phenoxy) is 1. The molecule has 0 bridgehead atoms. The average molecular weight is 361 g/mol. The van der Waals surface area contributed by atoms with E-state index < -0.39 is 5.91 Å². The summed E-state index contributed by atoms with van der Waals surface area (Å²) in [6, 6.07) is 12.4. The number of amides is 2. The lowest BCUT2D eigenvalue weighted by atomic mass is 10.0. The predicted molar refractivity (Wildman–Crippen MR) is 97.8 cm³/mol. The summed E-state index contributed by atoms with van der Waals surface area (Å²) in [7, 11) is 0. The second-order valence-corrected chi connectivity index (χ2v) is 6.17. The predicted octanol–water partition coefficient (Wildman–Crippen LogP) is 3.39. The molecule has 0 saturated carbocycles. The molecule has 0 radical (unpaired) electrons. The van der Waals surface area contributed by atoms with Gasteiger partial charge in [-0.05, 0) is 37.1 Å². The van der Waals surface area contributed by atoms with Gasteiger partial charge >= 0.3 is 0 Å². The number of benzene rings is 2. The maximum atomic E-state index is 12.2. The number of nitrogens with two attached hydrogens (primary N) is 1. The summed E-state index contributed by atoms with van der Waals surface area (Å²) in [6.07, 6.45) is 0.752. The molecular formula is C19H21ClN2O3. The van der Waals surface area contributed by atoms with Gasteiger partial charge in [0.05, 0.1) is 11.6 Å². The van der Waals surface area contributed by atoms with Crippen LogP contribution in [0.4, 0.5) is 0 Å². The van der Waals surface area contributed by atoms with Crippen molar-refractivity contribution in [3.63, 3.8) is 0 Å². The molecule has 0 aromatic heterocycles. The molecule has 3 N–H and O–H groups in total. The van der Waals surface area contributed by atoms with E-state index in [1.165, 1.54) is 12.1 Å². The fraction of sp³-hybridized carbons (Fsp3) is 0.263. The van der Waals surface area contributed by atoms with Gasteiger partial charge in [0.25, 0.3) is 11.8 Å². The molecule has 2 rings (SSSR count). The Bertz CT molecular complexity index is 760. The normalized spacial score (nSPS) is 11.6. The molecule has 0 fully saturated rings. The topological polar surface area (TPSA) is 81.4 Å². The number of nitrogens with one attached hydrogen (secondary N) is 1. The van der Waals surface area contributed by atoms with E-state index in [-0.39, 0.29) is 29.9 Å². The fourth-order valence-electron chi connectivity index (χ4n) is 2.42. The molecule has 1 atom stereocenters. The Labute approximate surface area is 152 Å². The quantitative estimate of drug-likeness (QED) is 0.794. The van der Waals surface area contributed by atoms with Gasteiger partial charge in [-0.3, -0.25) is 9.59 Å². The molecule has 0 heterocycles. The van der Waals surface area contributed by atoms with Crippen LogP contribution in [-0.2, 0) is 4.79 Å². The summed E-state index contributed by atoms with van der Waals surface area (Å²) >= 11 is 5.85. The average Bonchev–Trinajstić information content (AvgIpc) is 2.59. The highest BCUT2D eigenvalue weighted by molar-refractivity contribution is 6.31. The summed E-state index contributed by atoms with van der Waals surface area (Å²) in [5, 5.41) is 3.30. The third-order valence-electron chi connectivity index (χ3n) is 3.79. The molecule has 2 aromatic rings.